The van der Waals surface area contributed by atoms with Crippen molar-refractivity contribution in [2.75, 3.05) is 53.5 Å². The van der Waals surface area contributed by atoms with Crippen LogP contribution in [0.3, 0.4) is 0 Å². The quantitative estimate of drug-likeness (QED) is 0.596. The van der Waals surface area contributed by atoms with E-state index in [1.54, 1.807) is 0 Å². The molecule has 0 bridgehead atoms. The minimum Gasteiger partial charge on any atom is -0.395 e. The Morgan fingerprint density at radius 1 is 0.947 bits per heavy atom. The van der Waals surface area contributed by atoms with Gasteiger partial charge in [-0.25, -0.2) is 0 Å². The second-order valence-electron chi connectivity index (χ2n) is 6.74. The van der Waals surface area contributed by atoms with E-state index in [1.165, 1.54) is 6.42 Å². The van der Waals surface area contributed by atoms with Gasteiger partial charge in [-0.15, -0.1) is 0 Å². The molecule has 0 aromatic carbocycles. The summed E-state index contributed by atoms with van der Waals surface area (Å²) < 4.78 is 0. The molecule has 0 saturated carbocycles. The van der Waals surface area contributed by atoms with E-state index in [-0.39, 0.29) is 13.2 Å². The van der Waals surface area contributed by atoms with Crippen molar-refractivity contribution in [2.24, 2.45) is 11.3 Å². The van der Waals surface area contributed by atoms with Gasteiger partial charge >= 0.3 is 0 Å². The zero-order valence-electron chi connectivity index (χ0n) is 13.5. The average Bonchev–Trinajstić information content (AvgIpc) is 2.26. The van der Waals surface area contributed by atoms with Crippen molar-refractivity contribution in [3.63, 3.8) is 0 Å². The van der Waals surface area contributed by atoms with Crippen molar-refractivity contribution in [1.29, 1.82) is 0 Å². The first-order valence-corrected chi connectivity index (χ1v) is 7.39. The summed E-state index contributed by atoms with van der Waals surface area (Å²) >= 11 is 0. The van der Waals surface area contributed by atoms with Gasteiger partial charge < -0.3 is 20.0 Å². The van der Waals surface area contributed by atoms with E-state index in [4.69, 9.17) is 10.2 Å². The number of hydrogen-bond donors (Lipinski definition) is 2. The van der Waals surface area contributed by atoms with Crippen LogP contribution in [0, 0.1) is 11.3 Å². The van der Waals surface area contributed by atoms with E-state index in [9.17, 15) is 0 Å². The number of likely N-dealkylation sites (N-methyl/N-ethyl adjacent to an activating group) is 2. The monoisotopic (exact) mass is 274 g/mol. The summed E-state index contributed by atoms with van der Waals surface area (Å²) in [5.74, 6) is 0.634. The standard InChI is InChI=1S/C15H34N2O2/c1-14(13-17(5)9-11-19)12-15(2,3)6-7-16(4)8-10-18/h14,18-19H,6-13H2,1-5H3. The van der Waals surface area contributed by atoms with Gasteiger partial charge in [0.2, 0.25) is 0 Å². The summed E-state index contributed by atoms with van der Waals surface area (Å²) in [5, 5.41) is 17.8. The van der Waals surface area contributed by atoms with Crippen LogP contribution in [-0.4, -0.2) is 73.5 Å². The van der Waals surface area contributed by atoms with Gasteiger partial charge in [-0.3, -0.25) is 0 Å². The molecule has 0 fully saturated rings. The molecule has 4 nitrogen and oxygen atoms in total. The predicted octanol–water partition coefficient (Wildman–Crippen LogP) is 1.28. The lowest BCUT2D eigenvalue weighted by molar-refractivity contribution is 0.159. The van der Waals surface area contributed by atoms with E-state index in [0.29, 0.717) is 11.3 Å². The van der Waals surface area contributed by atoms with Gasteiger partial charge in [-0.2, -0.15) is 0 Å². The van der Waals surface area contributed by atoms with Crippen LogP contribution in [0.4, 0.5) is 0 Å². The Bertz CT molecular complexity index is 222. The minimum absolute atomic E-state index is 0.235. The Morgan fingerprint density at radius 2 is 1.47 bits per heavy atom. The van der Waals surface area contributed by atoms with Crippen molar-refractivity contribution in [3.05, 3.63) is 0 Å². The SMILES string of the molecule is CC(CN(C)CCO)CC(C)(C)CCN(C)CCO. The van der Waals surface area contributed by atoms with Gasteiger partial charge in [-0.05, 0) is 44.8 Å². The lowest BCUT2D eigenvalue weighted by Gasteiger charge is -2.31. The van der Waals surface area contributed by atoms with Crippen LogP contribution in [0.1, 0.15) is 33.6 Å². The number of hydrogen-bond acceptors (Lipinski definition) is 4. The molecule has 0 aliphatic heterocycles. The maximum absolute atomic E-state index is 8.91. The summed E-state index contributed by atoms with van der Waals surface area (Å²) in [6, 6.07) is 0. The Balaban J connectivity index is 3.99. The third-order valence-electron chi connectivity index (χ3n) is 3.66. The molecule has 116 valence electrons. The predicted molar refractivity (Wildman–Crippen MR) is 81.3 cm³/mol. The fourth-order valence-corrected chi connectivity index (χ4v) is 2.68. The molecular weight excluding hydrogens is 240 g/mol. The first-order valence-electron chi connectivity index (χ1n) is 7.39. The minimum atomic E-state index is 0.235. The molecule has 0 aliphatic rings. The highest BCUT2D eigenvalue weighted by molar-refractivity contribution is 4.74. The Morgan fingerprint density at radius 3 is 2.00 bits per heavy atom. The first kappa shape index (κ1) is 18.8. The van der Waals surface area contributed by atoms with Crippen LogP contribution in [0.25, 0.3) is 0 Å². The summed E-state index contributed by atoms with van der Waals surface area (Å²) in [6.07, 6.45) is 2.34. The highest BCUT2D eigenvalue weighted by Crippen LogP contribution is 2.29. The van der Waals surface area contributed by atoms with Crippen molar-refractivity contribution < 1.29 is 10.2 Å². The molecule has 0 aromatic rings. The van der Waals surface area contributed by atoms with Crippen molar-refractivity contribution in [3.8, 4) is 0 Å². The third kappa shape index (κ3) is 10.3. The van der Waals surface area contributed by atoms with Crippen LogP contribution < -0.4 is 0 Å². The van der Waals surface area contributed by atoms with Gasteiger partial charge in [0.1, 0.15) is 0 Å². The number of rotatable bonds is 11. The molecule has 0 radical (unpaired) electrons. The molecule has 0 heterocycles. The lowest BCUT2D eigenvalue weighted by Crippen LogP contribution is -2.31. The molecule has 1 atom stereocenters. The summed E-state index contributed by atoms with van der Waals surface area (Å²) in [7, 11) is 4.12. The van der Waals surface area contributed by atoms with Crippen LogP contribution in [0.15, 0.2) is 0 Å². The smallest absolute Gasteiger partial charge is 0.0558 e. The average molecular weight is 274 g/mol. The molecule has 19 heavy (non-hydrogen) atoms. The van der Waals surface area contributed by atoms with Gasteiger partial charge in [0.25, 0.3) is 0 Å². The molecule has 2 N–H and O–H groups in total. The topological polar surface area (TPSA) is 46.9 Å². The number of nitrogens with zero attached hydrogens (tertiary/aromatic N) is 2. The van der Waals surface area contributed by atoms with Crippen LogP contribution in [-0.2, 0) is 0 Å². The maximum Gasteiger partial charge on any atom is 0.0558 e. The van der Waals surface area contributed by atoms with Crippen molar-refractivity contribution >= 4 is 0 Å². The highest BCUT2D eigenvalue weighted by atomic mass is 16.3. The fraction of sp³-hybridized carbons (Fsp3) is 1.00. The lowest BCUT2D eigenvalue weighted by atomic mass is 9.80. The van der Waals surface area contributed by atoms with E-state index in [2.05, 4.69) is 44.7 Å². The Labute approximate surface area is 119 Å². The molecule has 0 spiro atoms. The first-order chi connectivity index (χ1) is 8.80. The molecule has 4 heteroatoms. The molecule has 0 aliphatic carbocycles. The van der Waals surface area contributed by atoms with Gasteiger partial charge in [0.05, 0.1) is 13.2 Å². The Kier molecular flexibility index (Phi) is 9.62. The van der Waals surface area contributed by atoms with E-state index >= 15 is 0 Å². The Hall–Kier alpha value is -0.160. The van der Waals surface area contributed by atoms with Crippen molar-refractivity contribution in [1.82, 2.24) is 9.80 Å². The molecule has 0 rings (SSSR count). The van der Waals surface area contributed by atoms with E-state index in [1.807, 2.05) is 0 Å². The molecular formula is C15H34N2O2. The van der Waals surface area contributed by atoms with Crippen LogP contribution in [0.5, 0.6) is 0 Å². The highest BCUT2D eigenvalue weighted by Gasteiger charge is 2.22. The van der Waals surface area contributed by atoms with Gasteiger partial charge in [-0.1, -0.05) is 20.8 Å². The zero-order valence-corrected chi connectivity index (χ0v) is 13.5. The summed E-state index contributed by atoms with van der Waals surface area (Å²) in [4.78, 5) is 4.38. The van der Waals surface area contributed by atoms with Crippen molar-refractivity contribution in [2.45, 2.75) is 33.6 Å². The fourth-order valence-electron chi connectivity index (χ4n) is 2.68. The van der Waals surface area contributed by atoms with Crippen LogP contribution in [0.2, 0.25) is 0 Å². The summed E-state index contributed by atoms with van der Waals surface area (Å²) in [6.45, 7) is 11.0. The third-order valence-corrected chi connectivity index (χ3v) is 3.66. The molecule has 1 unspecified atom stereocenters. The van der Waals surface area contributed by atoms with Gasteiger partial charge in [0.15, 0.2) is 0 Å². The largest absolute Gasteiger partial charge is 0.395 e. The van der Waals surface area contributed by atoms with Crippen LogP contribution >= 0.6 is 0 Å². The van der Waals surface area contributed by atoms with E-state index < -0.39 is 0 Å². The summed E-state index contributed by atoms with van der Waals surface area (Å²) in [5.41, 5.74) is 0.323. The van der Waals surface area contributed by atoms with Gasteiger partial charge in [0, 0.05) is 19.6 Å². The second kappa shape index (κ2) is 9.70. The molecule has 0 amide bonds. The number of aliphatic hydroxyl groups is 2. The molecule has 0 saturated heterocycles. The second-order valence-corrected chi connectivity index (χ2v) is 6.74. The normalized spacial score (nSPS) is 14.4. The number of aliphatic hydroxyl groups excluding tert-OH is 2. The zero-order chi connectivity index (χ0) is 14.9. The van der Waals surface area contributed by atoms with E-state index in [0.717, 1.165) is 32.6 Å². The molecule has 0 aromatic heterocycles. The maximum atomic E-state index is 8.91.